The molecule has 0 nitrogen and oxygen atoms in total. The Hall–Kier alpha value is 2.05. The number of hydrogen-bond donors (Lipinski definition) is 0. The van der Waals surface area contributed by atoms with Crippen LogP contribution in [0.3, 0.4) is 0 Å². The van der Waals surface area contributed by atoms with E-state index < -0.39 is 0 Å². The molecule has 0 aromatic rings. The van der Waals surface area contributed by atoms with Crippen molar-refractivity contribution in [3.63, 3.8) is 0 Å². The second kappa shape index (κ2) is 19.7. The van der Waals surface area contributed by atoms with Gasteiger partial charge in [0.15, 0.2) is 0 Å². The largest absolute Gasteiger partial charge is 0 e. The predicted octanol–water partition coefficient (Wildman–Crippen LogP) is -0.0100. The molecular formula is CoCrMnNi. The molecule has 0 unspecified atom stereocenters. The molecule has 0 spiro atoms. The molecule has 0 saturated heterocycles. The molecule has 0 heterocycles. The van der Waals surface area contributed by atoms with E-state index in [2.05, 4.69) is 0 Å². The van der Waals surface area contributed by atoms with Gasteiger partial charge in [0.2, 0.25) is 0 Å². The van der Waals surface area contributed by atoms with E-state index in [-0.39, 0.29) is 67.7 Å². The summed E-state index contributed by atoms with van der Waals surface area (Å²) in [6, 6.07) is 0. The van der Waals surface area contributed by atoms with E-state index in [4.69, 9.17) is 0 Å². The van der Waals surface area contributed by atoms with Gasteiger partial charge in [-0.15, -0.1) is 0 Å². The zero-order valence-corrected chi connectivity index (χ0v) is 5.92. The van der Waals surface area contributed by atoms with Crippen LogP contribution in [0, 0.1) is 0 Å². The fourth-order valence-corrected chi connectivity index (χ4v) is 0. The third-order valence-corrected chi connectivity index (χ3v) is 0. The second-order valence-electron chi connectivity index (χ2n) is 0. The summed E-state index contributed by atoms with van der Waals surface area (Å²) in [6.45, 7) is 0. The molecule has 4 heteroatoms. The Kier molecular flexibility index (Phi) is 181. The van der Waals surface area contributed by atoms with Crippen LogP contribution in [0.1, 0.15) is 0 Å². The maximum Gasteiger partial charge on any atom is 0 e. The molecule has 0 aliphatic rings. The summed E-state index contributed by atoms with van der Waals surface area (Å²) in [5, 5.41) is 0. The summed E-state index contributed by atoms with van der Waals surface area (Å²) in [7, 11) is 0. The van der Waals surface area contributed by atoms with Gasteiger partial charge in [-0.05, 0) is 0 Å². The van der Waals surface area contributed by atoms with Crippen molar-refractivity contribution in [3.8, 4) is 0 Å². The Labute approximate surface area is 67.2 Å². The molecule has 0 amide bonds. The van der Waals surface area contributed by atoms with Gasteiger partial charge in [-0.3, -0.25) is 0 Å². The molecule has 4 heavy (non-hydrogen) atoms. The normalized spacial score (nSPS) is 0. The molecule has 0 fully saturated rings. The third-order valence-electron chi connectivity index (χ3n) is 0. The van der Waals surface area contributed by atoms with Crippen LogP contribution in [0.2, 0.25) is 0 Å². The van der Waals surface area contributed by atoms with Gasteiger partial charge in [-0.25, -0.2) is 0 Å². The summed E-state index contributed by atoms with van der Waals surface area (Å²) < 4.78 is 0. The van der Waals surface area contributed by atoms with Crippen molar-refractivity contribution in [2.45, 2.75) is 0 Å². The first kappa shape index (κ1) is 36.7. The minimum atomic E-state index is 0. The van der Waals surface area contributed by atoms with Gasteiger partial charge < -0.3 is 0 Å². The van der Waals surface area contributed by atoms with Gasteiger partial charge in [0.25, 0.3) is 0 Å². The van der Waals surface area contributed by atoms with E-state index >= 15 is 0 Å². The van der Waals surface area contributed by atoms with Crippen LogP contribution in [-0.2, 0) is 67.7 Å². The predicted molar refractivity (Wildman–Crippen MR) is 0 cm³/mol. The quantitative estimate of drug-likeness (QED) is 0.508. The van der Waals surface area contributed by atoms with Gasteiger partial charge in [-0.1, -0.05) is 0 Å². The maximum atomic E-state index is 0. The standard InChI is InChI=1S/Co.Cr.Mn.Ni. The van der Waals surface area contributed by atoms with E-state index in [9.17, 15) is 0 Å². The van der Waals surface area contributed by atoms with Crippen molar-refractivity contribution in [1.82, 2.24) is 0 Å². The summed E-state index contributed by atoms with van der Waals surface area (Å²) in [5.41, 5.74) is 0. The summed E-state index contributed by atoms with van der Waals surface area (Å²) >= 11 is 0. The zero-order valence-electron chi connectivity index (χ0n) is 1.44. The van der Waals surface area contributed by atoms with Crippen LogP contribution in [-0.4, -0.2) is 0 Å². The molecule has 0 aromatic heterocycles. The molecule has 0 aliphatic heterocycles. The van der Waals surface area contributed by atoms with Crippen LogP contribution < -0.4 is 0 Å². The molecule has 0 rings (SSSR count). The molecule has 0 saturated carbocycles. The average molecular weight is 225 g/mol. The summed E-state index contributed by atoms with van der Waals surface area (Å²) in [6.07, 6.45) is 0. The molecule has 0 aliphatic carbocycles. The molecular weight excluding hydrogens is 225 g/mol. The van der Waals surface area contributed by atoms with Crippen molar-refractivity contribution in [3.05, 3.63) is 0 Å². The minimum absolute atomic E-state index is 0. The first-order valence-corrected chi connectivity index (χ1v) is 0. The molecule has 0 aromatic carbocycles. The monoisotopic (exact) mass is 224 g/mol. The van der Waals surface area contributed by atoms with Gasteiger partial charge >= 0.3 is 0 Å². The van der Waals surface area contributed by atoms with E-state index in [1.807, 2.05) is 0 Å². The smallest absolute Gasteiger partial charge is 0 e. The first-order chi connectivity index (χ1) is 0. The number of hydrogen-bond acceptors (Lipinski definition) is 0. The van der Waals surface area contributed by atoms with Crippen LogP contribution in [0.4, 0.5) is 0 Å². The van der Waals surface area contributed by atoms with Crippen molar-refractivity contribution in [2.75, 3.05) is 0 Å². The van der Waals surface area contributed by atoms with Crippen LogP contribution in [0.15, 0.2) is 0 Å². The fourth-order valence-electron chi connectivity index (χ4n) is 0. The fraction of sp³-hybridized carbons (Fsp3) is 0. The molecule has 0 bridgehead atoms. The zero-order chi connectivity index (χ0) is 0. The first-order valence-electron chi connectivity index (χ1n) is 0. The van der Waals surface area contributed by atoms with Crippen LogP contribution >= 0.6 is 0 Å². The Balaban J connectivity index is 0. The van der Waals surface area contributed by atoms with Gasteiger partial charge in [0.1, 0.15) is 0 Å². The van der Waals surface area contributed by atoms with Crippen LogP contribution in [0.5, 0.6) is 0 Å². The van der Waals surface area contributed by atoms with Crippen molar-refractivity contribution in [2.24, 2.45) is 0 Å². The molecule has 2 radical (unpaired) electrons. The summed E-state index contributed by atoms with van der Waals surface area (Å²) in [4.78, 5) is 0. The van der Waals surface area contributed by atoms with E-state index in [1.165, 1.54) is 0 Å². The topological polar surface area (TPSA) is 0 Å². The Morgan fingerprint density at radius 2 is 1.00 bits per heavy atom. The van der Waals surface area contributed by atoms with Crippen molar-refractivity contribution < 1.29 is 67.7 Å². The summed E-state index contributed by atoms with van der Waals surface area (Å²) in [5.74, 6) is 0. The Bertz CT molecular complexity index is 8.00. The second-order valence-corrected chi connectivity index (χ2v) is 0. The molecule has 0 N–H and O–H groups in total. The SMILES string of the molecule is [Co].[Cr].[Mn].[Ni]. The van der Waals surface area contributed by atoms with Crippen molar-refractivity contribution >= 4 is 0 Å². The van der Waals surface area contributed by atoms with Gasteiger partial charge in [-0.2, -0.15) is 0 Å². The minimum Gasteiger partial charge on any atom is 0 e. The van der Waals surface area contributed by atoms with Crippen LogP contribution in [0.25, 0.3) is 0 Å². The molecule has 32 valence electrons. The van der Waals surface area contributed by atoms with E-state index in [1.54, 1.807) is 0 Å². The maximum absolute atomic E-state index is 0. The van der Waals surface area contributed by atoms with Crippen molar-refractivity contribution in [1.29, 1.82) is 0 Å². The Morgan fingerprint density at radius 1 is 1.00 bits per heavy atom. The number of rotatable bonds is 0. The van der Waals surface area contributed by atoms with E-state index in [0.29, 0.717) is 0 Å². The van der Waals surface area contributed by atoms with E-state index in [0.717, 1.165) is 0 Å². The molecule has 0 atom stereocenters. The third kappa shape index (κ3) is 8.96. The average Bonchev–Trinajstić information content (AvgIpc) is 0. The Morgan fingerprint density at radius 3 is 1.00 bits per heavy atom. The van der Waals surface area contributed by atoms with Gasteiger partial charge in [0.05, 0.1) is 0 Å². The van der Waals surface area contributed by atoms with Gasteiger partial charge in [0, 0.05) is 67.7 Å².